The lowest BCUT2D eigenvalue weighted by molar-refractivity contribution is 0.806. The average Bonchev–Trinajstić information content (AvgIpc) is 2.18. The van der Waals surface area contributed by atoms with Crippen molar-refractivity contribution in [2.45, 2.75) is 26.3 Å². The Morgan fingerprint density at radius 1 is 1.38 bits per heavy atom. The predicted octanol–water partition coefficient (Wildman–Crippen LogP) is 3.62. The molecule has 0 aliphatic rings. The van der Waals surface area contributed by atoms with Crippen molar-refractivity contribution in [2.75, 3.05) is 0 Å². The second kappa shape index (κ2) is 4.53. The van der Waals surface area contributed by atoms with Crippen LogP contribution in [0.1, 0.15) is 31.0 Å². The molecule has 0 spiro atoms. The molecule has 1 rings (SSSR count). The molecule has 0 fully saturated rings. The number of hydrogen-bond donors (Lipinski definition) is 0. The van der Waals surface area contributed by atoms with Crippen molar-refractivity contribution in [1.29, 1.82) is 0 Å². The van der Waals surface area contributed by atoms with Gasteiger partial charge < -0.3 is 0 Å². The van der Waals surface area contributed by atoms with Gasteiger partial charge in [0.2, 0.25) is 0 Å². The van der Waals surface area contributed by atoms with E-state index in [9.17, 15) is 0 Å². The highest BCUT2D eigenvalue weighted by molar-refractivity contribution is 5.24. The van der Waals surface area contributed by atoms with Crippen LogP contribution in [0, 0.1) is 0 Å². The van der Waals surface area contributed by atoms with Gasteiger partial charge in [-0.2, -0.15) is 0 Å². The van der Waals surface area contributed by atoms with Crippen LogP contribution < -0.4 is 0 Å². The first-order valence-corrected chi connectivity index (χ1v) is 4.41. The van der Waals surface area contributed by atoms with Crippen LogP contribution in [0.25, 0.3) is 10.4 Å². The number of aryl methyl sites for hydroxylation is 1. The van der Waals surface area contributed by atoms with E-state index in [1.54, 1.807) is 0 Å². The Balaban J connectivity index is 2.85. The SMILES string of the molecule is CCc1ccc([C@H](C)N=[N+]=[N-])cc1. The average molecular weight is 175 g/mol. The van der Waals surface area contributed by atoms with Gasteiger partial charge in [0.05, 0.1) is 6.04 Å². The van der Waals surface area contributed by atoms with Crippen LogP contribution in [-0.2, 0) is 6.42 Å². The van der Waals surface area contributed by atoms with E-state index in [0.29, 0.717) is 0 Å². The first-order chi connectivity index (χ1) is 6.27. The van der Waals surface area contributed by atoms with Crippen LogP contribution in [0.4, 0.5) is 0 Å². The predicted molar refractivity (Wildman–Crippen MR) is 53.4 cm³/mol. The van der Waals surface area contributed by atoms with Crippen molar-refractivity contribution < 1.29 is 0 Å². The van der Waals surface area contributed by atoms with Crippen molar-refractivity contribution in [3.05, 3.63) is 45.8 Å². The minimum Gasteiger partial charge on any atom is -0.0862 e. The standard InChI is InChI=1S/C10H13N3/c1-3-9-4-6-10(7-5-9)8(2)12-13-11/h4-8H,3H2,1-2H3/t8-/m0/s1. The first kappa shape index (κ1) is 9.62. The Kier molecular flexibility index (Phi) is 3.35. The molecule has 68 valence electrons. The summed E-state index contributed by atoms with van der Waals surface area (Å²) in [4.78, 5) is 2.78. The molecule has 0 bridgehead atoms. The summed E-state index contributed by atoms with van der Waals surface area (Å²) >= 11 is 0. The van der Waals surface area contributed by atoms with Crippen LogP contribution in [0.5, 0.6) is 0 Å². The molecular weight excluding hydrogens is 162 g/mol. The lowest BCUT2D eigenvalue weighted by atomic mass is 10.1. The number of hydrogen-bond acceptors (Lipinski definition) is 1. The molecule has 3 nitrogen and oxygen atoms in total. The van der Waals surface area contributed by atoms with Crippen LogP contribution >= 0.6 is 0 Å². The third-order valence-electron chi connectivity index (χ3n) is 2.10. The van der Waals surface area contributed by atoms with E-state index < -0.39 is 0 Å². The molecule has 0 aliphatic heterocycles. The Morgan fingerprint density at radius 2 is 2.00 bits per heavy atom. The van der Waals surface area contributed by atoms with Crippen molar-refractivity contribution in [1.82, 2.24) is 0 Å². The maximum Gasteiger partial charge on any atom is 0.0597 e. The summed E-state index contributed by atoms with van der Waals surface area (Å²) in [5.41, 5.74) is 10.6. The maximum absolute atomic E-state index is 8.26. The number of azide groups is 1. The molecule has 0 saturated carbocycles. The third kappa shape index (κ3) is 2.49. The van der Waals surface area contributed by atoms with Crippen molar-refractivity contribution in [3.8, 4) is 0 Å². The molecule has 0 saturated heterocycles. The molecule has 1 aromatic rings. The molecular formula is C10H13N3. The van der Waals surface area contributed by atoms with Crippen molar-refractivity contribution in [3.63, 3.8) is 0 Å². The van der Waals surface area contributed by atoms with Gasteiger partial charge >= 0.3 is 0 Å². The monoisotopic (exact) mass is 175 g/mol. The minimum atomic E-state index is -0.0732. The normalized spacial score (nSPS) is 11.8. The molecule has 0 radical (unpaired) electrons. The lowest BCUT2D eigenvalue weighted by Gasteiger charge is -2.04. The number of rotatable bonds is 3. The Labute approximate surface area is 78.0 Å². The topological polar surface area (TPSA) is 48.8 Å². The van der Waals surface area contributed by atoms with Crippen LogP contribution in [0.3, 0.4) is 0 Å². The summed E-state index contributed by atoms with van der Waals surface area (Å²) in [5, 5.41) is 3.63. The van der Waals surface area contributed by atoms with E-state index in [-0.39, 0.29) is 6.04 Å². The summed E-state index contributed by atoms with van der Waals surface area (Å²) in [6, 6.07) is 8.09. The molecule has 1 aromatic carbocycles. The molecule has 0 amide bonds. The van der Waals surface area contributed by atoms with E-state index in [1.165, 1.54) is 5.56 Å². The molecule has 0 heterocycles. The van der Waals surface area contributed by atoms with Gasteiger partial charge in [-0.25, -0.2) is 0 Å². The molecule has 0 aromatic heterocycles. The zero-order valence-corrected chi connectivity index (χ0v) is 7.94. The van der Waals surface area contributed by atoms with Gasteiger partial charge in [0, 0.05) is 4.91 Å². The molecule has 0 N–H and O–H groups in total. The maximum atomic E-state index is 8.26. The zero-order valence-electron chi connectivity index (χ0n) is 7.94. The molecule has 1 atom stereocenters. The number of nitrogens with zero attached hydrogens (tertiary/aromatic N) is 3. The summed E-state index contributed by atoms with van der Waals surface area (Å²) in [7, 11) is 0. The molecule has 3 heteroatoms. The van der Waals surface area contributed by atoms with E-state index in [0.717, 1.165) is 12.0 Å². The third-order valence-corrected chi connectivity index (χ3v) is 2.10. The Bertz CT molecular complexity index is 309. The van der Waals surface area contributed by atoms with Gasteiger partial charge in [0.1, 0.15) is 0 Å². The zero-order chi connectivity index (χ0) is 9.68. The largest absolute Gasteiger partial charge is 0.0862 e. The minimum absolute atomic E-state index is 0.0732. The Morgan fingerprint density at radius 3 is 2.46 bits per heavy atom. The van der Waals surface area contributed by atoms with Gasteiger partial charge in [-0.3, -0.25) is 0 Å². The van der Waals surface area contributed by atoms with E-state index in [4.69, 9.17) is 5.53 Å². The van der Waals surface area contributed by atoms with Crippen LogP contribution in [-0.4, -0.2) is 0 Å². The fourth-order valence-electron chi connectivity index (χ4n) is 1.18. The fourth-order valence-corrected chi connectivity index (χ4v) is 1.18. The summed E-state index contributed by atoms with van der Waals surface area (Å²) in [5.74, 6) is 0. The first-order valence-electron chi connectivity index (χ1n) is 4.41. The second-order valence-electron chi connectivity index (χ2n) is 2.98. The highest BCUT2D eigenvalue weighted by Gasteiger charge is 2.00. The fraction of sp³-hybridized carbons (Fsp3) is 0.400. The van der Waals surface area contributed by atoms with Gasteiger partial charge in [0.15, 0.2) is 0 Å². The summed E-state index contributed by atoms with van der Waals surface area (Å²) < 4.78 is 0. The van der Waals surface area contributed by atoms with E-state index in [1.807, 2.05) is 19.1 Å². The smallest absolute Gasteiger partial charge is 0.0597 e. The Hall–Kier alpha value is -1.47. The molecule has 0 aliphatic carbocycles. The van der Waals surface area contributed by atoms with Gasteiger partial charge in [0.25, 0.3) is 0 Å². The van der Waals surface area contributed by atoms with Crippen LogP contribution in [0.2, 0.25) is 0 Å². The number of benzene rings is 1. The highest BCUT2D eigenvalue weighted by atomic mass is 15.1. The van der Waals surface area contributed by atoms with Gasteiger partial charge in [-0.05, 0) is 23.1 Å². The van der Waals surface area contributed by atoms with Gasteiger partial charge in [-0.15, -0.1) is 0 Å². The highest BCUT2D eigenvalue weighted by Crippen LogP contribution is 2.17. The summed E-state index contributed by atoms with van der Waals surface area (Å²) in [6.45, 7) is 4.01. The van der Waals surface area contributed by atoms with Crippen molar-refractivity contribution >= 4 is 0 Å². The summed E-state index contributed by atoms with van der Waals surface area (Å²) in [6.07, 6.45) is 1.04. The molecule has 0 unspecified atom stereocenters. The van der Waals surface area contributed by atoms with E-state index >= 15 is 0 Å². The molecule has 13 heavy (non-hydrogen) atoms. The van der Waals surface area contributed by atoms with Gasteiger partial charge in [-0.1, -0.05) is 43.2 Å². The quantitative estimate of drug-likeness (QED) is 0.382. The van der Waals surface area contributed by atoms with Crippen molar-refractivity contribution in [2.24, 2.45) is 5.11 Å². The van der Waals surface area contributed by atoms with E-state index in [2.05, 4.69) is 29.1 Å². The lowest BCUT2D eigenvalue weighted by Crippen LogP contribution is -1.88. The second-order valence-corrected chi connectivity index (χ2v) is 2.98. The van der Waals surface area contributed by atoms with Crippen LogP contribution in [0.15, 0.2) is 29.4 Å².